The third-order valence-electron chi connectivity index (χ3n) is 3.82. The first-order valence-corrected chi connectivity index (χ1v) is 7.05. The molecule has 0 saturated carbocycles. The van der Waals surface area contributed by atoms with Crippen molar-refractivity contribution in [2.45, 2.75) is 26.2 Å². The van der Waals surface area contributed by atoms with Crippen LogP contribution in [0.25, 0.3) is 0 Å². The van der Waals surface area contributed by atoms with Crippen LogP contribution in [0.15, 0.2) is 41.6 Å². The Morgan fingerprint density at radius 1 is 1.14 bits per heavy atom. The Balaban J connectivity index is 1.96. The van der Waals surface area contributed by atoms with Gasteiger partial charge in [0.05, 0.1) is 5.56 Å². The quantitative estimate of drug-likeness (QED) is 0.392. The Kier molecular flexibility index (Phi) is 3.52. The van der Waals surface area contributed by atoms with Gasteiger partial charge < -0.3 is 15.7 Å². The van der Waals surface area contributed by atoms with Crippen LogP contribution >= 0.6 is 0 Å². The number of hydrogen-bond donors (Lipinski definition) is 2. The number of nitrogens with two attached hydrogens (primary N) is 1. The summed E-state index contributed by atoms with van der Waals surface area (Å²) < 4.78 is 5.97. The van der Waals surface area contributed by atoms with Crippen LogP contribution in [0.2, 0.25) is 0 Å². The maximum absolute atomic E-state index is 8.88. The molecule has 0 unspecified atom stereocenters. The molecule has 4 heteroatoms. The summed E-state index contributed by atoms with van der Waals surface area (Å²) in [7, 11) is 0. The lowest BCUT2D eigenvalue weighted by Crippen LogP contribution is -2.14. The highest BCUT2D eigenvalue weighted by Crippen LogP contribution is 2.31. The summed E-state index contributed by atoms with van der Waals surface area (Å²) in [5, 5.41) is 11.9. The molecule has 3 N–H and O–H groups in total. The Morgan fingerprint density at radius 3 is 2.76 bits per heavy atom. The average molecular weight is 282 g/mol. The van der Waals surface area contributed by atoms with Gasteiger partial charge in [-0.15, -0.1) is 0 Å². The topological polar surface area (TPSA) is 67.8 Å². The van der Waals surface area contributed by atoms with E-state index in [0.29, 0.717) is 11.3 Å². The monoisotopic (exact) mass is 282 g/mol. The molecule has 0 spiro atoms. The lowest BCUT2D eigenvalue weighted by Gasteiger charge is -2.12. The molecule has 0 aliphatic heterocycles. The van der Waals surface area contributed by atoms with Crippen LogP contribution in [0.4, 0.5) is 0 Å². The van der Waals surface area contributed by atoms with E-state index in [4.69, 9.17) is 15.7 Å². The van der Waals surface area contributed by atoms with E-state index in [1.807, 2.05) is 25.1 Å². The Bertz CT molecular complexity index is 708. The predicted molar refractivity (Wildman–Crippen MR) is 82.2 cm³/mol. The molecule has 21 heavy (non-hydrogen) atoms. The van der Waals surface area contributed by atoms with E-state index in [2.05, 4.69) is 17.3 Å². The average Bonchev–Trinajstić information content (AvgIpc) is 2.94. The van der Waals surface area contributed by atoms with Gasteiger partial charge in [0.2, 0.25) is 0 Å². The fourth-order valence-electron chi connectivity index (χ4n) is 2.72. The lowest BCUT2D eigenvalue weighted by molar-refractivity contribution is 0.318. The van der Waals surface area contributed by atoms with Crippen LogP contribution in [0, 0.1) is 6.92 Å². The maximum atomic E-state index is 8.88. The first-order valence-electron chi connectivity index (χ1n) is 7.05. The maximum Gasteiger partial charge on any atom is 0.173 e. The lowest BCUT2D eigenvalue weighted by atomic mass is 10.1. The van der Waals surface area contributed by atoms with Crippen molar-refractivity contribution >= 4 is 5.84 Å². The molecule has 0 amide bonds. The smallest absolute Gasteiger partial charge is 0.173 e. The standard InChI is InChI=1S/C17H18N2O2/c1-11-5-8-15(17(18)19-20)16(9-11)21-14-7-6-12-3-2-4-13(12)10-14/h5-10,20H,2-4H2,1H3,(H2,18,19). The van der Waals surface area contributed by atoms with E-state index >= 15 is 0 Å². The zero-order chi connectivity index (χ0) is 14.8. The highest BCUT2D eigenvalue weighted by Gasteiger charge is 2.13. The molecule has 0 radical (unpaired) electrons. The van der Waals surface area contributed by atoms with Crippen molar-refractivity contribution in [2.75, 3.05) is 0 Å². The van der Waals surface area contributed by atoms with Crippen molar-refractivity contribution in [2.24, 2.45) is 10.9 Å². The molecule has 0 heterocycles. The molecular formula is C17H18N2O2. The van der Waals surface area contributed by atoms with Gasteiger partial charge in [0.25, 0.3) is 0 Å². The van der Waals surface area contributed by atoms with Crippen LogP contribution in [-0.4, -0.2) is 11.0 Å². The minimum absolute atomic E-state index is 0.0474. The Hall–Kier alpha value is -2.49. The third kappa shape index (κ3) is 2.70. The van der Waals surface area contributed by atoms with Crippen molar-refractivity contribution in [3.05, 3.63) is 58.7 Å². The van der Waals surface area contributed by atoms with Gasteiger partial charge in [0, 0.05) is 0 Å². The molecule has 0 saturated heterocycles. The molecular weight excluding hydrogens is 264 g/mol. The number of ether oxygens (including phenoxy) is 1. The summed E-state index contributed by atoms with van der Waals surface area (Å²) in [5.74, 6) is 1.43. The SMILES string of the molecule is Cc1ccc(C(N)=NO)c(Oc2ccc3c(c2)CCC3)c1. The van der Waals surface area contributed by atoms with E-state index in [0.717, 1.165) is 24.2 Å². The molecule has 0 aromatic heterocycles. The predicted octanol–water partition coefficient (Wildman–Crippen LogP) is 3.37. The Morgan fingerprint density at radius 2 is 1.95 bits per heavy atom. The van der Waals surface area contributed by atoms with Crippen molar-refractivity contribution in [3.63, 3.8) is 0 Å². The van der Waals surface area contributed by atoms with E-state index in [9.17, 15) is 0 Å². The number of nitrogens with zero attached hydrogens (tertiary/aromatic N) is 1. The normalized spacial score (nSPS) is 14.0. The number of amidine groups is 1. The summed E-state index contributed by atoms with van der Waals surface area (Å²) in [5.41, 5.74) is 10.1. The zero-order valence-corrected chi connectivity index (χ0v) is 12.0. The van der Waals surface area contributed by atoms with Gasteiger partial charge in [0.15, 0.2) is 5.84 Å². The molecule has 1 aliphatic rings. The zero-order valence-electron chi connectivity index (χ0n) is 12.0. The molecule has 2 aromatic rings. The van der Waals surface area contributed by atoms with E-state index in [1.54, 1.807) is 6.07 Å². The van der Waals surface area contributed by atoms with E-state index in [1.165, 1.54) is 17.5 Å². The first-order chi connectivity index (χ1) is 10.2. The minimum Gasteiger partial charge on any atom is -0.457 e. The van der Waals surface area contributed by atoms with Crippen LogP contribution in [0.1, 0.15) is 28.7 Å². The largest absolute Gasteiger partial charge is 0.457 e. The number of aryl methyl sites for hydroxylation is 3. The van der Waals surface area contributed by atoms with Crippen LogP contribution in [0.3, 0.4) is 0 Å². The van der Waals surface area contributed by atoms with Gasteiger partial charge in [-0.1, -0.05) is 17.3 Å². The van der Waals surface area contributed by atoms with E-state index < -0.39 is 0 Å². The van der Waals surface area contributed by atoms with Gasteiger partial charge in [-0.25, -0.2) is 0 Å². The summed E-state index contributed by atoms with van der Waals surface area (Å²) >= 11 is 0. The summed E-state index contributed by atoms with van der Waals surface area (Å²) in [6.07, 6.45) is 3.46. The molecule has 1 aliphatic carbocycles. The number of rotatable bonds is 3. The molecule has 3 rings (SSSR count). The molecule has 0 fully saturated rings. The molecule has 108 valence electrons. The van der Waals surface area contributed by atoms with Crippen molar-refractivity contribution < 1.29 is 9.94 Å². The highest BCUT2D eigenvalue weighted by molar-refractivity contribution is 5.99. The van der Waals surface area contributed by atoms with Gasteiger partial charge >= 0.3 is 0 Å². The van der Waals surface area contributed by atoms with Crippen molar-refractivity contribution in [1.82, 2.24) is 0 Å². The van der Waals surface area contributed by atoms with Crippen LogP contribution < -0.4 is 10.5 Å². The van der Waals surface area contributed by atoms with Crippen molar-refractivity contribution in [1.29, 1.82) is 0 Å². The van der Waals surface area contributed by atoms with Gasteiger partial charge in [-0.05, 0) is 67.1 Å². The van der Waals surface area contributed by atoms with Gasteiger partial charge in [-0.3, -0.25) is 0 Å². The van der Waals surface area contributed by atoms with Crippen molar-refractivity contribution in [3.8, 4) is 11.5 Å². The fraction of sp³-hybridized carbons (Fsp3) is 0.235. The minimum atomic E-state index is 0.0474. The number of oxime groups is 1. The summed E-state index contributed by atoms with van der Waals surface area (Å²) in [6.45, 7) is 1.98. The number of hydrogen-bond acceptors (Lipinski definition) is 3. The second-order valence-corrected chi connectivity index (χ2v) is 5.37. The summed E-state index contributed by atoms with van der Waals surface area (Å²) in [4.78, 5) is 0. The number of fused-ring (bicyclic) bond motifs is 1. The third-order valence-corrected chi connectivity index (χ3v) is 3.82. The number of benzene rings is 2. The van der Waals surface area contributed by atoms with Crippen LogP contribution in [0.5, 0.6) is 11.5 Å². The summed E-state index contributed by atoms with van der Waals surface area (Å²) in [6, 6.07) is 11.8. The molecule has 0 atom stereocenters. The fourth-order valence-corrected chi connectivity index (χ4v) is 2.72. The Labute approximate surface area is 123 Å². The van der Waals surface area contributed by atoms with E-state index in [-0.39, 0.29) is 5.84 Å². The second-order valence-electron chi connectivity index (χ2n) is 5.37. The first kappa shape index (κ1) is 13.5. The highest BCUT2D eigenvalue weighted by atomic mass is 16.5. The van der Waals surface area contributed by atoms with Crippen LogP contribution in [-0.2, 0) is 12.8 Å². The van der Waals surface area contributed by atoms with Gasteiger partial charge in [-0.2, -0.15) is 0 Å². The molecule has 2 aromatic carbocycles. The molecule has 0 bridgehead atoms. The molecule has 4 nitrogen and oxygen atoms in total. The second kappa shape index (κ2) is 5.48. The van der Waals surface area contributed by atoms with Gasteiger partial charge in [0.1, 0.15) is 11.5 Å².